The predicted molar refractivity (Wildman–Crippen MR) is 104 cm³/mol. The number of rotatable bonds is 3. The quantitative estimate of drug-likeness (QED) is 0.674. The number of nitrogens with one attached hydrogen (secondary N) is 1. The summed E-state index contributed by atoms with van der Waals surface area (Å²) in [6, 6.07) is 19.2. The Hall–Kier alpha value is -2.28. The van der Waals surface area contributed by atoms with Crippen LogP contribution in [-0.2, 0) is 0 Å². The summed E-state index contributed by atoms with van der Waals surface area (Å²) in [6.07, 6.45) is 9.34. The zero-order valence-corrected chi connectivity index (χ0v) is 15.1. The molecule has 124 valence electrons. The van der Waals surface area contributed by atoms with E-state index in [9.17, 15) is 0 Å². The first-order valence-corrected chi connectivity index (χ1v) is 8.69. The van der Waals surface area contributed by atoms with Crippen molar-refractivity contribution in [3.63, 3.8) is 0 Å². The Morgan fingerprint density at radius 1 is 0.833 bits per heavy atom. The predicted octanol–water partition coefficient (Wildman–Crippen LogP) is 6.10. The Balaban J connectivity index is 1.93. The molecule has 0 atom stereocenters. The average molecular weight is 317 g/mol. The second kappa shape index (κ2) is 6.32. The van der Waals surface area contributed by atoms with Gasteiger partial charge in [0, 0.05) is 11.6 Å². The molecule has 1 N–H and O–H groups in total. The lowest BCUT2D eigenvalue weighted by Gasteiger charge is -2.44. The summed E-state index contributed by atoms with van der Waals surface area (Å²) in [4.78, 5) is 0. The molecule has 0 aliphatic heterocycles. The molecule has 0 radical (unpaired) electrons. The van der Waals surface area contributed by atoms with Crippen molar-refractivity contribution in [2.75, 3.05) is 5.32 Å². The van der Waals surface area contributed by atoms with E-state index in [1.54, 1.807) is 0 Å². The zero-order valence-electron chi connectivity index (χ0n) is 15.1. The van der Waals surface area contributed by atoms with Crippen LogP contribution in [0.5, 0.6) is 0 Å². The first kappa shape index (κ1) is 16.6. The Kier molecular flexibility index (Phi) is 4.36. The van der Waals surface area contributed by atoms with Crippen molar-refractivity contribution in [3.8, 4) is 0 Å². The number of aryl methyl sites for hydroxylation is 1. The topological polar surface area (TPSA) is 12.0 Å². The largest absolute Gasteiger partial charge is 0.372 e. The van der Waals surface area contributed by atoms with Gasteiger partial charge in [-0.25, -0.2) is 0 Å². The third kappa shape index (κ3) is 3.17. The van der Waals surface area contributed by atoms with Gasteiger partial charge in [0.1, 0.15) is 0 Å². The number of para-hydroxylation sites is 1. The van der Waals surface area contributed by atoms with Crippen LogP contribution in [0, 0.1) is 12.3 Å². The summed E-state index contributed by atoms with van der Waals surface area (Å²) in [6.45, 7) is 9.02. The minimum Gasteiger partial charge on any atom is -0.372 e. The molecule has 1 heteroatoms. The summed E-state index contributed by atoms with van der Waals surface area (Å²) in [7, 11) is 0. The van der Waals surface area contributed by atoms with Gasteiger partial charge in [0.25, 0.3) is 0 Å². The lowest BCUT2D eigenvalue weighted by molar-refractivity contribution is 0.312. The highest BCUT2D eigenvalue weighted by atomic mass is 15.0. The smallest absolute Gasteiger partial charge is 0.0789 e. The molecule has 2 aromatic carbocycles. The molecule has 24 heavy (non-hydrogen) atoms. The van der Waals surface area contributed by atoms with Crippen LogP contribution in [0.25, 0.3) is 0 Å². The molecule has 1 aliphatic rings. The van der Waals surface area contributed by atoms with Gasteiger partial charge in [-0.3, -0.25) is 0 Å². The molecule has 0 amide bonds. The molecule has 2 aromatic rings. The highest BCUT2D eigenvalue weighted by molar-refractivity contribution is 5.57. The van der Waals surface area contributed by atoms with Crippen LogP contribution in [0.3, 0.4) is 0 Å². The van der Waals surface area contributed by atoms with E-state index in [0.717, 1.165) is 0 Å². The fourth-order valence-corrected chi connectivity index (χ4v) is 3.23. The van der Waals surface area contributed by atoms with E-state index in [1.807, 2.05) is 0 Å². The molecule has 1 nitrogen and oxygen atoms in total. The first-order valence-electron chi connectivity index (χ1n) is 8.69. The van der Waals surface area contributed by atoms with Crippen LogP contribution in [-0.4, -0.2) is 5.54 Å². The number of allylic oxidation sites excluding steroid dienone is 2. The molecule has 0 bridgehead atoms. The molecular formula is C23H27N. The number of anilines is 1. The van der Waals surface area contributed by atoms with E-state index in [1.165, 1.54) is 16.8 Å². The highest BCUT2D eigenvalue weighted by Gasteiger charge is 2.39. The van der Waals surface area contributed by atoms with Crippen LogP contribution in [0.4, 0.5) is 5.69 Å². The van der Waals surface area contributed by atoms with E-state index in [2.05, 4.69) is 112 Å². The SMILES string of the molecule is Cc1ccccc1NC1(C(C)(C)C)C=CC(c2ccccc2)C=C1. The minimum atomic E-state index is -0.190. The standard InChI is InChI=1S/C23H27N/c1-18-10-8-9-13-21(18)24-23(22(2,3)4)16-14-20(15-17-23)19-11-6-5-7-12-19/h5-17,20,24H,1-4H3. The lowest BCUT2D eigenvalue weighted by Crippen LogP contribution is -2.47. The zero-order chi connectivity index (χ0) is 17.2. The average Bonchev–Trinajstić information content (AvgIpc) is 2.57. The van der Waals surface area contributed by atoms with Crippen LogP contribution >= 0.6 is 0 Å². The van der Waals surface area contributed by atoms with Crippen LogP contribution in [0.15, 0.2) is 78.9 Å². The van der Waals surface area contributed by atoms with E-state index >= 15 is 0 Å². The van der Waals surface area contributed by atoms with Gasteiger partial charge in [-0.2, -0.15) is 0 Å². The van der Waals surface area contributed by atoms with Gasteiger partial charge < -0.3 is 5.32 Å². The molecule has 0 saturated heterocycles. The molecule has 0 saturated carbocycles. The molecule has 0 fully saturated rings. The van der Waals surface area contributed by atoms with E-state index in [0.29, 0.717) is 5.92 Å². The number of hydrogen-bond acceptors (Lipinski definition) is 1. The molecule has 0 spiro atoms. The van der Waals surface area contributed by atoms with Gasteiger partial charge >= 0.3 is 0 Å². The summed E-state index contributed by atoms with van der Waals surface area (Å²) >= 11 is 0. The van der Waals surface area contributed by atoms with Crippen molar-refractivity contribution in [1.29, 1.82) is 0 Å². The second-order valence-electron chi connectivity index (χ2n) is 7.71. The van der Waals surface area contributed by atoms with Gasteiger partial charge in [-0.05, 0) is 29.5 Å². The Morgan fingerprint density at radius 2 is 1.42 bits per heavy atom. The second-order valence-corrected chi connectivity index (χ2v) is 7.71. The summed E-state index contributed by atoms with van der Waals surface area (Å²) in [5, 5.41) is 3.80. The lowest BCUT2D eigenvalue weighted by atomic mass is 9.70. The maximum atomic E-state index is 3.80. The van der Waals surface area contributed by atoms with E-state index in [-0.39, 0.29) is 11.0 Å². The van der Waals surface area contributed by atoms with Gasteiger partial charge in [-0.15, -0.1) is 0 Å². The van der Waals surface area contributed by atoms with Crippen molar-refractivity contribution in [2.45, 2.75) is 39.2 Å². The van der Waals surface area contributed by atoms with Crippen molar-refractivity contribution >= 4 is 5.69 Å². The molecule has 3 rings (SSSR count). The Bertz CT molecular complexity index is 733. The maximum absolute atomic E-state index is 3.80. The number of hydrogen-bond donors (Lipinski definition) is 1. The highest BCUT2D eigenvalue weighted by Crippen LogP contribution is 2.40. The van der Waals surface area contributed by atoms with Crippen molar-refractivity contribution in [1.82, 2.24) is 0 Å². The third-order valence-corrected chi connectivity index (χ3v) is 5.04. The van der Waals surface area contributed by atoms with Gasteiger partial charge in [-0.1, -0.05) is 93.6 Å². The maximum Gasteiger partial charge on any atom is 0.0789 e. The third-order valence-electron chi connectivity index (χ3n) is 5.04. The van der Waals surface area contributed by atoms with E-state index in [4.69, 9.17) is 0 Å². The van der Waals surface area contributed by atoms with Crippen molar-refractivity contribution < 1.29 is 0 Å². The summed E-state index contributed by atoms with van der Waals surface area (Å²) < 4.78 is 0. The molecule has 0 heterocycles. The first-order chi connectivity index (χ1) is 11.4. The van der Waals surface area contributed by atoms with E-state index < -0.39 is 0 Å². The van der Waals surface area contributed by atoms with Gasteiger partial charge in [0.2, 0.25) is 0 Å². The van der Waals surface area contributed by atoms with Crippen molar-refractivity contribution in [2.24, 2.45) is 5.41 Å². The van der Waals surface area contributed by atoms with Crippen LogP contribution in [0.1, 0.15) is 37.8 Å². The van der Waals surface area contributed by atoms with Crippen LogP contribution < -0.4 is 5.32 Å². The van der Waals surface area contributed by atoms with Crippen molar-refractivity contribution in [3.05, 3.63) is 90.0 Å². The normalized spacial score (nSPS) is 23.2. The van der Waals surface area contributed by atoms with Gasteiger partial charge in [0.15, 0.2) is 0 Å². The minimum absolute atomic E-state index is 0.0595. The molecular weight excluding hydrogens is 290 g/mol. The molecule has 0 aromatic heterocycles. The van der Waals surface area contributed by atoms with Crippen LogP contribution in [0.2, 0.25) is 0 Å². The summed E-state index contributed by atoms with van der Waals surface area (Å²) in [5.41, 5.74) is 3.67. The Morgan fingerprint density at radius 3 is 2.00 bits per heavy atom. The fourth-order valence-electron chi connectivity index (χ4n) is 3.23. The molecule has 0 unspecified atom stereocenters. The monoisotopic (exact) mass is 317 g/mol. The van der Waals surface area contributed by atoms with Gasteiger partial charge in [0.05, 0.1) is 5.54 Å². The Labute approximate surface area is 146 Å². The summed E-state index contributed by atoms with van der Waals surface area (Å²) in [5.74, 6) is 0.348. The fraction of sp³-hybridized carbons (Fsp3) is 0.304. The molecule has 1 aliphatic carbocycles. The number of benzene rings is 2.